The zero-order chi connectivity index (χ0) is 8.72. The number of aromatic nitrogens is 1. The largest absolute Gasteiger partial charge is 0.364 e. The van der Waals surface area contributed by atoms with Gasteiger partial charge in [-0.3, -0.25) is 4.90 Å². The first kappa shape index (κ1) is 7.87. The molecule has 0 bridgehead atoms. The quantitative estimate of drug-likeness (QED) is 0.622. The average Bonchev–Trinajstić information content (AvgIpc) is 2.48. The number of fused-ring (bicyclic) bond motifs is 1. The lowest BCUT2D eigenvalue weighted by molar-refractivity contribution is 0.227. The van der Waals surface area contributed by atoms with Crippen molar-refractivity contribution in [3.63, 3.8) is 0 Å². The minimum Gasteiger partial charge on any atom is -0.364 e. The summed E-state index contributed by atoms with van der Waals surface area (Å²) in [5, 5.41) is 0. The number of H-pyrrole nitrogens is 1. The number of nitrogens with zero attached hydrogens (tertiary/aromatic N) is 1. The molecule has 2 heterocycles. The molecule has 66 valence electrons. The average molecular weight is 164 g/mol. The van der Waals surface area contributed by atoms with Crippen LogP contribution in [0.3, 0.4) is 0 Å². The van der Waals surface area contributed by atoms with Gasteiger partial charge in [-0.25, -0.2) is 0 Å². The Morgan fingerprint density at radius 2 is 2.25 bits per heavy atom. The van der Waals surface area contributed by atoms with Crippen molar-refractivity contribution in [1.29, 1.82) is 0 Å². The van der Waals surface area contributed by atoms with Gasteiger partial charge in [0.15, 0.2) is 0 Å². The van der Waals surface area contributed by atoms with E-state index < -0.39 is 0 Å². The molecule has 2 heteroatoms. The number of aromatic amines is 1. The maximum atomic E-state index is 3.33. The zero-order valence-electron chi connectivity index (χ0n) is 7.96. The Labute approximate surface area is 73.6 Å². The zero-order valence-corrected chi connectivity index (χ0v) is 7.96. The summed E-state index contributed by atoms with van der Waals surface area (Å²) >= 11 is 0. The first-order valence-corrected chi connectivity index (χ1v) is 4.57. The summed E-state index contributed by atoms with van der Waals surface area (Å²) in [4.78, 5) is 5.74. The summed E-state index contributed by atoms with van der Waals surface area (Å²) < 4.78 is 0. The van der Waals surface area contributed by atoms with E-state index in [1.54, 1.807) is 0 Å². The Kier molecular flexibility index (Phi) is 1.72. The number of hydrogen-bond acceptors (Lipinski definition) is 1. The highest BCUT2D eigenvalue weighted by molar-refractivity contribution is 5.29. The van der Waals surface area contributed by atoms with Crippen molar-refractivity contribution >= 4 is 0 Å². The normalized spacial score (nSPS) is 30.2. The fourth-order valence-electron chi connectivity index (χ4n) is 2.10. The van der Waals surface area contributed by atoms with Gasteiger partial charge in [0.1, 0.15) is 0 Å². The Balaban J connectivity index is 2.43. The van der Waals surface area contributed by atoms with Crippen LogP contribution in [0.4, 0.5) is 0 Å². The van der Waals surface area contributed by atoms with Crippen molar-refractivity contribution in [2.24, 2.45) is 0 Å². The topological polar surface area (TPSA) is 19.0 Å². The predicted octanol–water partition coefficient (Wildman–Crippen LogP) is 2.12. The van der Waals surface area contributed by atoms with Gasteiger partial charge >= 0.3 is 0 Å². The molecule has 0 saturated heterocycles. The molecule has 2 rings (SSSR count). The fraction of sp³-hybridized carbons (Fsp3) is 0.600. The molecule has 1 aliphatic rings. The third-order valence-corrected chi connectivity index (χ3v) is 2.98. The third kappa shape index (κ3) is 0.985. The molecule has 1 N–H and O–H groups in total. The lowest BCUT2D eigenvalue weighted by Gasteiger charge is -2.33. The molecule has 0 saturated carbocycles. The second kappa shape index (κ2) is 2.63. The monoisotopic (exact) mass is 164 g/mol. The lowest BCUT2D eigenvalue weighted by atomic mass is 9.94. The van der Waals surface area contributed by atoms with Crippen LogP contribution >= 0.6 is 0 Å². The van der Waals surface area contributed by atoms with E-state index in [2.05, 4.69) is 43.0 Å². The standard InChI is InChI=1S/C10H16N2/c1-7-6-12(3)8(2)9-4-5-11-10(7)9/h4-5,7-8,11H,6H2,1-3H3/t7-,8+/m0/s1. The second-order valence-corrected chi connectivity index (χ2v) is 3.86. The lowest BCUT2D eigenvalue weighted by Crippen LogP contribution is -2.32. The molecular weight excluding hydrogens is 148 g/mol. The molecule has 2 nitrogen and oxygen atoms in total. The molecular formula is C10H16N2. The van der Waals surface area contributed by atoms with Gasteiger partial charge in [-0.2, -0.15) is 0 Å². The van der Waals surface area contributed by atoms with E-state index in [0.717, 1.165) is 6.54 Å². The highest BCUT2D eigenvalue weighted by Gasteiger charge is 2.26. The molecule has 0 spiro atoms. The van der Waals surface area contributed by atoms with E-state index in [0.29, 0.717) is 12.0 Å². The molecule has 0 fully saturated rings. The predicted molar refractivity (Wildman–Crippen MR) is 50.3 cm³/mol. The summed E-state index contributed by atoms with van der Waals surface area (Å²) in [6.45, 7) is 5.70. The van der Waals surface area contributed by atoms with E-state index in [1.165, 1.54) is 11.3 Å². The molecule has 0 unspecified atom stereocenters. The van der Waals surface area contributed by atoms with E-state index in [-0.39, 0.29) is 0 Å². The third-order valence-electron chi connectivity index (χ3n) is 2.98. The van der Waals surface area contributed by atoms with Gasteiger partial charge in [-0.05, 0) is 25.6 Å². The molecule has 0 radical (unpaired) electrons. The van der Waals surface area contributed by atoms with Gasteiger partial charge in [0.25, 0.3) is 0 Å². The van der Waals surface area contributed by atoms with Gasteiger partial charge in [0, 0.05) is 30.4 Å². The fourth-order valence-corrected chi connectivity index (χ4v) is 2.10. The van der Waals surface area contributed by atoms with Gasteiger partial charge in [0.05, 0.1) is 0 Å². The minimum atomic E-state index is 0.572. The van der Waals surface area contributed by atoms with E-state index in [4.69, 9.17) is 0 Å². The summed E-state index contributed by atoms with van der Waals surface area (Å²) in [6, 6.07) is 2.77. The summed E-state index contributed by atoms with van der Waals surface area (Å²) in [6.07, 6.45) is 2.05. The molecule has 12 heavy (non-hydrogen) atoms. The van der Waals surface area contributed by atoms with Crippen LogP contribution in [0.2, 0.25) is 0 Å². The maximum absolute atomic E-state index is 3.33. The second-order valence-electron chi connectivity index (χ2n) is 3.86. The first-order valence-electron chi connectivity index (χ1n) is 4.57. The smallest absolute Gasteiger partial charge is 0.0334 e. The van der Waals surface area contributed by atoms with Gasteiger partial charge in [-0.15, -0.1) is 0 Å². The molecule has 0 aromatic carbocycles. The van der Waals surface area contributed by atoms with E-state index in [9.17, 15) is 0 Å². The van der Waals surface area contributed by atoms with Crippen molar-refractivity contribution in [2.45, 2.75) is 25.8 Å². The molecule has 0 aliphatic carbocycles. The Hall–Kier alpha value is -0.760. The van der Waals surface area contributed by atoms with Crippen LogP contribution in [-0.2, 0) is 0 Å². The van der Waals surface area contributed by atoms with Crippen molar-refractivity contribution < 1.29 is 0 Å². The number of likely N-dealkylation sites (N-methyl/N-ethyl adjacent to an activating group) is 1. The van der Waals surface area contributed by atoms with Crippen molar-refractivity contribution in [3.05, 3.63) is 23.5 Å². The summed E-state index contributed by atoms with van der Waals surface area (Å²) in [5.74, 6) is 0.649. The van der Waals surface area contributed by atoms with Crippen molar-refractivity contribution in [1.82, 2.24) is 9.88 Å². The van der Waals surface area contributed by atoms with E-state index >= 15 is 0 Å². The van der Waals surface area contributed by atoms with Crippen LogP contribution in [0.5, 0.6) is 0 Å². The maximum Gasteiger partial charge on any atom is 0.0334 e. The number of rotatable bonds is 0. The van der Waals surface area contributed by atoms with Crippen LogP contribution in [0.25, 0.3) is 0 Å². The Morgan fingerprint density at radius 3 is 3.00 bits per heavy atom. The molecule has 2 atom stereocenters. The van der Waals surface area contributed by atoms with Crippen molar-refractivity contribution in [2.75, 3.05) is 13.6 Å². The minimum absolute atomic E-state index is 0.572. The van der Waals surface area contributed by atoms with E-state index in [1.807, 2.05) is 0 Å². The SMILES string of the molecule is C[C@@H]1c2cc[nH]c2[C@@H](C)CN1C. The van der Waals surface area contributed by atoms with Crippen LogP contribution in [0, 0.1) is 0 Å². The molecule has 1 aromatic heterocycles. The van der Waals surface area contributed by atoms with Crippen LogP contribution in [0.15, 0.2) is 12.3 Å². The number of nitrogens with one attached hydrogen (secondary N) is 1. The Bertz CT molecular complexity index is 277. The summed E-state index contributed by atoms with van der Waals surface area (Å²) in [7, 11) is 2.19. The highest BCUT2D eigenvalue weighted by atomic mass is 15.1. The molecule has 1 aromatic rings. The molecule has 0 amide bonds. The summed E-state index contributed by atoms with van der Waals surface area (Å²) in [5.41, 5.74) is 2.90. The number of hydrogen-bond donors (Lipinski definition) is 1. The van der Waals surface area contributed by atoms with Gasteiger partial charge in [0.2, 0.25) is 0 Å². The van der Waals surface area contributed by atoms with Crippen LogP contribution < -0.4 is 0 Å². The molecule has 1 aliphatic heterocycles. The Morgan fingerprint density at radius 1 is 1.50 bits per heavy atom. The van der Waals surface area contributed by atoms with Gasteiger partial charge in [-0.1, -0.05) is 6.92 Å². The van der Waals surface area contributed by atoms with Gasteiger partial charge < -0.3 is 4.98 Å². The van der Waals surface area contributed by atoms with Crippen molar-refractivity contribution in [3.8, 4) is 0 Å². The van der Waals surface area contributed by atoms with Crippen LogP contribution in [-0.4, -0.2) is 23.5 Å². The highest BCUT2D eigenvalue weighted by Crippen LogP contribution is 2.33. The van der Waals surface area contributed by atoms with Crippen LogP contribution in [0.1, 0.15) is 37.1 Å². The first-order chi connectivity index (χ1) is 5.70.